The van der Waals surface area contributed by atoms with Gasteiger partial charge in [0.2, 0.25) is 5.91 Å². The lowest BCUT2D eigenvalue weighted by atomic mass is 10.1. The molecule has 1 unspecified atom stereocenters. The van der Waals surface area contributed by atoms with Gasteiger partial charge in [0.1, 0.15) is 11.9 Å². The fourth-order valence-corrected chi connectivity index (χ4v) is 2.39. The first-order chi connectivity index (χ1) is 9.63. The van der Waals surface area contributed by atoms with Gasteiger partial charge in [0, 0.05) is 22.8 Å². The number of benzene rings is 2. The summed E-state index contributed by atoms with van der Waals surface area (Å²) in [7, 11) is 0. The molecule has 3 nitrogen and oxygen atoms in total. The topological polar surface area (TPSA) is 41.1 Å². The first-order valence-corrected chi connectivity index (χ1v) is 6.59. The quantitative estimate of drug-likeness (QED) is 0.911. The maximum atomic E-state index is 13.1. The van der Waals surface area contributed by atoms with Gasteiger partial charge in [0.15, 0.2) is 0 Å². The fraction of sp³-hybridized carbons (Fsp3) is 0.133. The molecule has 0 saturated carbocycles. The number of hydrogen-bond acceptors (Lipinski definition) is 2. The number of amides is 1. The molecule has 1 amide bonds. The molecule has 3 rings (SSSR count). The molecule has 0 radical (unpaired) electrons. The van der Waals surface area contributed by atoms with Gasteiger partial charge >= 0.3 is 0 Å². The Labute approximate surface area is 120 Å². The van der Waals surface area contributed by atoms with Crippen molar-refractivity contribution >= 4 is 23.2 Å². The second-order valence-corrected chi connectivity index (χ2v) is 5.10. The monoisotopic (exact) mass is 290 g/mol. The van der Waals surface area contributed by atoms with E-state index in [9.17, 15) is 9.18 Å². The van der Waals surface area contributed by atoms with Crippen LogP contribution in [-0.2, 0) is 11.3 Å². The van der Waals surface area contributed by atoms with Crippen molar-refractivity contribution in [1.29, 1.82) is 0 Å². The highest BCUT2D eigenvalue weighted by molar-refractivity contribution is 6.30. The number of hydrogen-bond donors (Lipinski definition) is 2. The zero-order chi connectivity index (χ0) is 14.1. The average molecular weight is 291 g/mol. The summed E-state index contributed by atoms with van der Waals surface area (Å²) >= 11 is 5.82. The molecule has 2 N–H and O–H groups in total. The van der Waals surface area contributed by atoms with E-state index in [1.807, 2.05) is 12.1 Å². The summed E-state index contributed by atoms with van der Waals surface area (Å²) < 4.78 is 13.1. The third-order valence-corrected chi connectivity index (χ3v) is 3.52. The van der Waals surface area contributed by atoms with Crippen molar-refractivity contribution in [1.82, 2.24) is 5.32 Å². The Morgan fingerprint density at radius 2 is 1.95 bits per heavy atom. The Balaban J connectivity index is 1.75. The third-order valence-electron chi connectivity index (χ3n) is 3.27. The first kappa shape index (κ1) is 13.1. The predicted octanol–water partition coefficient (Wildman–Crippen LogP) is 3.26. The fourth-order valence-electron chi connectivity index (χ4n) is 2.26. The van der Waals surface area contributed by atoms with Gasteiger partial charge in [-0.25, -0.2) is 4.39 Å². The highest BCUT2D eigenvalue weighted by Crippen LogP contribution is 2.31. The predicted molar refractivity (Wildman–Crippen MR) is 76.1 cm³/mol. The summed E-state index contributed by atoms with van der Waals surface area (Å²) in [5.41, 5.74) is 2.33. The smallest absolute Gasteiger partial charge is 0.246 e. The van der Waals surface area contributed by atoms with Crippen LogP contribution in [0.1, 0.15) is 17.2 Å². The van der Waals surface area contributed by atoms with E-state index in [2.05, 4.69) is 10.6 Å². The molecule has 2 aromatic rings. The van der Waals surface area contributed by atoms with E-state index in [-0.39, 0.29) is 11.7 Å². The molecule has 20 heavy (non-hydrogen) atoms. The van der Waals surface area contributed by atoms with Crippen LogP contribution in [0.5, 0.6) is 0 Å². The molecule has 0 aliphatic carbocycles. The van der Waals surface area contributed by atoms with Crippen LogP contribution in [0.3, 0.4) is 0 Å². The van der Waals surface area contributed by atoms with E-state index in [0.717, 1.165) is 11.1 Å². The molecule has 0 fully saturated rings. The van der Waals surface area contributed by atoms with Crippen LogP contribution < -0.4 is 10.6 Å². The maximum Gasteiger partial charge on any atom is 0.246 e. The summed E-state index contributed by atoms with van der Waals surface area (Å²) in [6, 6.07) is 11.3. The molecular formula is C15H12ClFN2O. The second-order valence-electron chi connectivity index (χ2n) is 4.66. The zero-order valence-electron chi connectivity index (χ0n) is 10.5. The highest BCUT2D eigenvalue weighted by atomic mass is 35.5. The van der Waals surface area contributed by atoms with Crippen molar-refractivity contribution in [2.45, 2.75) is 12.6 Å². The van der Waals surface area contributed by atoms with Gasteiger partial charge in [-0.15, -0.1) is 0 Å². The Bertz CT molecular complexity index is 657. The molecular weight excluding hydrogens is 279 g/mol. The number of carbonyl (C=O) groups is 1. The maximum absolute atomic E-state index is 13.1. The van der Waals surface area contributed by atoms with Gasteiger partial charge in [-0.2, -0.15) is 0 Å². The molecule has 1 atom stereocenters. The van der Waals surface area contributed by atoms with E-state index in [4.69, 9.17) is 11.6 Å². The van der Waals surface area contributed by atoms with E-state index in [0.29, 0.717) is 17.3 Å². The number of halogens is 2. The molecule has 2 aromatic carbocycles. The van der Waals surface area contributed by atoms with Gasteiger partial charge < -0.3 is 5.32 Å². The zero-order valence-corrected chi connectivity index (χ0v) is 11.2. The minimum Gasteiger partial charge on any atom is -0.324 e. The minimum absolute atomic E-state index is 0.167. The summed E-state index contributed by atoms with van der Waals surface area (Å²) in [4.78, 5) is 11.9. The number of fused-ring (bicyclic) bond motifs is 1. The van der Waals surface area contributed by atoms with Gasteiger partial charge in [-0.1, -0.05) is 29.8 Å². The molecule has 5 heteroatoms. The van der Waals surface area contributed by atoms with Crippen molar-refractivity contribution < 1.29 is 9.18 Å². The van der Waals surface area contributed by atoms with Crippen molar-refractivity contribution in [3.8, 4) is 0 Å². The molecule has 0 aromatic heterocycles. The number of nitrogens with one attached hydrogen (secondary N) is 2. The molecule has 0 bridgehead atoms. The molecule has 0 spiro atoms. The number of rotatable bonds is 3. The molecule has 0 saturated heterocycles. The van der Waals surface area contributed by atoms with E-state index >= 15 is 0 Å². The average Bonchev–Trinajstić information content (AvgIpc) is 2.73. The van der Waals surface area contributed by atoms with Gasteiger partial charge in [0.05, 0.1) is 0 Å². The first-order valence-electron chi connectivity index (χ1n) is 6.21. The van der Waals surface area contributed by atoms with Crippen LogP contribution in [0.15, 0.2) is 42.5 Å². The van der Waals surface area contributed by atoms with E-state index < -0.39 is 6.04 Å². The normalized spacial score (nSPS) is 16.9. The van der Waals surface area contributed by atoms with Crippen LogP contribution in [0.25, 0.3) is 0 Å². The van der Waals surface area contributed by atoms with Crippen LogP contribution in [0.4, 0.5) is 10.1 Å². The summed E-state index contributed by atoms with van der Waals surface area (Å²) in [6.07, 6.45) is 0. The molecule has 102 valence electrons. The highest BCUT2D eigenvalue weighted by Gasteiger charge is 2.30. The molecule has 1 aliphatic rings. The minimum atomic E-state index is -0.457. The van der Waals surface area contributed by atoms with Gasteiger partial charge in [-0.3, -0.25) is 10.1 Å². The van der Waals surface area contributed by atoms with Crippen LogP contribution >= 0.6 is 11.6 Å². The lowest BCUT2D eigenvalue weighted by Crippen LogP contribution is -2.27. The van der Waals surface area contributed by atoms with Crippen molar-refractivity contribution in [3.05, 3.63) is 64.4 Å². The second kappa shape index (κ2) is 5.23. The Kier molecular flexibility index (Phi) is 3.42. The van der Waals surface area contributed by atoms with Crippen molar-refractivity contribution in [2.24, 2.45) is 0 Å². The van der Waals surface area contributed by atoms with Crippen molar-refractivity contribution in [2.75, 3.05) is 5.32 Å². The lowest BCUT2D eigenvalue weighted by Gasteiger charge is -2.11. The molecule has 1 heterocycles. The lowest BCUT2D eigenvalue weighted by molar-refractivity contribution is -0.117. The standard InChI is InChI=1S/C15H12ClFN2O/c16-10-3-1-9(2-4-10)8-18-14-12-6-5-11(17)7-13(12)19-15(14)20/h1-7,14,18H,8H2,(H,19,20). The SMILES string of the molecule is O=C1Nc2cc(F)ccc2C1NCc1ccc(Cl)cc1. The Hall–Kier alpha value is -1.91. The van der Waals surface area contributed by atoms with Gasteiger partial charge in [0.25, 0.3) is 0 Å². The van der Waals surface area contributed by atoms with Gasteiger partial charge in [-0.05, 0) is 29.8 Å². The molecule has 1 aliphatic heterocycles. The van der Waals surface area contributed by atoms with E-state index in [1.54, 1.807) is 18.2 Å². The van der Waals surface area contributed by atoms with Crippen LogP contribution in [0.2, 0.25) is 5.02 Å². The van der Waals surface area contributed by atoms with E-state index in [1.165, 1.54) is 12.1 Å². The largest absolute Gasteiger partial charge is 0.324 e. The summed E-state index contributed by atoms with van der Waals surface area (Å²) in [5.74, 6) is -0.526. The summed E-state index contributed by atoms with van der Waals surface area (Å²) in [5, 5.41) is 6.51. The Morgan fingerprint density at radius 3 is 2.70 bits per heavy atom. The van der Waals surface area contributed by atoms with Crippen LogP contribution in [0, 0.1) is 5.82 Å². The van der Waals surface area contributed by atoms with Crippen LogP contribution in [-0.4, -0.2) is 5.91 Å². The number of carbonyl (C=O) groups excluding carboxylic acids is 1. The summed E-state index contributed by atoms with van der Waals surface area (Å²) in [6.45, 7) is 0.534. The van der Waals surface area contributed by atoms with Crippen molar-refractivity contribution in [3.63, 3.8) is 0 Å². The Morgan fingerprint density at radius 1 is 1.20 bits per heavy atom. The third kappa shape index (κ3) is 2.53. The number of anilines is 1.